The van der Waals surface area contributed by atoms with E-state index in [-0.39, 0.29) is 0 Å². The summed E-state index contributed by atoms with van der Waals surface area (Å²) in [4.78, 5) is 0. The van der Waals surface area contributed by atoms with Gasteiger partial charge in [-0.05, 0) is 17.4 Å². The van der Waals surface area contributed by atoms with Crippen molar-refractivity contribution in [1.29, 1.82) is 0 Å². The molecule has 2 unspecified atom stereocenters. The van der Waals surface area contributed by atoms with Gasteiger partial charge in [0.1, 0.15) is 0 Å². The molecule has 0 N–H and O–H groups in total. The molecule has 0 heterocycles. The highest BCUT2D eigenvalue weighted by Gasteiger charge is 2.42. The molecule has 13 heavy (non-hydrogen) atoms. The first-order valence-corrected chi connectivity index (χ1v) is 10.0. The maximum atomic E-state index is 6.12. The van der Waals surface area contributed by atoms with Crippen LogP contribution in [-0.2, 0) is 0 Å². The van der Waals surface area contributed by atoms with Gasteiger partial charge in [0.15, 0.2) is 0 Å². The second-order valence-corrected chi connectivity index (χ2v) is 12.7. The van der Waals surface area contributed by atoms with Crippen LogP contribution in [0.15, 0.2) is 0 Å². The van der Waals surface area contributed by atoms with E-state index in [0.717, 1.165) is 12.8 Å². The van der Waals surface area contributed by atoms with E-state index in [0.29, 0.717) is 17.4 Å². The van der Waals surface area contributed by atoms with Crippen LogP contribution in [-0.4, -0.2) is 6.00 Å². The van der Waals surface area contributed by atoms with E-state index in [1.165, 1.54) is 0 Å². The molecule has 0 amide bonds. The Labute approximate surface area is 97.1 Å². The summed E-state index contributed by atoms with van der Waals surface area (Å²) in [7, 11) is 0. The third-order valence-electron chi connectivity index (χ3n) is 2.89. The first kappa shape index (κ1) is 14.1. The second kappa shape index (κ2) is 5.84. The van der Waals surface area contributed by atoms with Gasteiger partial charge in [0.2, 0.25) is 0 Å². The van der Waals surface area contributed by atoms with Crippen LogP contribution < -0.4 is 0 Å². The summed E-state index contributed by atoms with van der Waals surface area (Å²) in [6, 6.07) is -2.54. The van der Waals surface area contributed by atoms with E-state index in [4.69, 9.17) is 33.2 Å². The molecule has 0 aliphatic rings. The number of rotatable bonds is 5. The van der Waals surface area contributed by atoms with E-state index in [1.807, 2.05) is 0 Å². The largest absolute Gasteiger partial charge is 0.344 e. The molecule has 0 aliphatic carbocycles. The Morgan fingerprint density at radius 2 is 1.23 bits per heavy atom. The Balaban J connectivity index is 4.55. The summed E-state index contributed by atoms with van der Waals surface area (Å²) < 4.78 is 0. The van der Waals surface area contributed by atoms with Gasteiger partial charge in [-0.15, -0.1) is 33.2 Å². The molecule has 2 atom stereocenters. The number of hydrogen-bond acceptors (Lipinski definition) is 0. The van der Waals surface area contributed by atoms with Crippen molar-refractivity contribution >= 4 is 39.2 Å². The fraction of sp³-hybridized carbons (Fsp3) is 1.00. The molecule has 0 nitrogen and oxygen atoms in total. The monoisotopic (exact) mass is 260 g/mol. The summed E-state index contributed by atoms with van der Waals surface area (Å²) in [6.45, 7) is 8.69. The van der Waals surface area contributed by atoms with Crippen molar-refractivity contribution in [3.63, 3.8) is 0 Å². The van der Waals surface area contributed by atoms with Crippen LogP contribution in [0.1, 0.15) is 40.5 Å². The summed E-state index contributed by atoms with van der Waals surface area (Å²) in [5.74, 6) is 1.04. The van der Waals surface area contributed by atoms with Gasteiger partial charge in [-0.25, -0.2) is 0 Å². The highest BCUT2D eigenvalue weighted by molar-refractivity contribution is 7.65. The summed E-state index contributed by atoms with van der Waals surface area (Å²) in [5, 5.41) is 0. The van der Waals surface area contributed by atoms with Gasteiger partial charge >= 0.3 is 6.00 Å². The van der Waals surface area contributed by atoms with E-state index in [1.54, 1.807) is 0 Å². The van der Waals surface area contributed by atoms with Crippen molar-refractivity contribution in [3.8, 4) is 0 Å². The smallest absolute Gasteiger partial charge is 0.126 e. The fourth-order valence-corrected chi connectivity index (χ4v) is 7.35. The molecule has 0 bridgehead atoms. The van der Waals surface area contributed by atoms with E-state index in [2.05, 4.69) is 27.7 Å². The molecular formula is C9H19Cl3Si. The SMILES string of the molecule is CCC(C)C(C(C)CC)[Si](Cl)(Cl)Cl. The molecule has 0 spiro atoms. The lowest BCUT2D eigenvalue weighted by atomic mass is 9.93. The van der Waals surface area contributed by atoms with Crippen LogP contribution in [0.25, 0.3) is 0 Å². The molecule has 0 aromatic rings. The fourth-order valence-electron chi connectivity index (χ4n) is 1.71. The lowest BCUT2D eigenvalue weighted by Gasteiger charge is -2.32. The normalized spacial score (nSPS) is 19.6. The molecule has 0 aromatic carbocycles. The molecule has 0 saturated carbocycles. The van der Waals surface area contributed by atoms with Gasteiger partial charge < -0.3 is 0 Å². The minimum absolute atomic E-state index is 0.299. The van der Waals surface area contributed by atoms with E-state index < -0.39 is 6.00 Å². The average Bonchev–Trinajstić information content (AvgIpc) is 2.01. The van der Waals surface area contributed by atoms with Gasteiger partial charge in [-0.1, -0.05) is 40.5 Å². The van der Waals surface area contributed by atoms with Gasteiger partial charge in [0.25, 0.3) is 0 Å². The third-order valence-corrected chi connectivity index (χ3v) is 7.05. The lowest BCUT2D eigenvalue weighted by Crippen LogP contribution is -2.30. The quantitative estimate of drug-likeness (QED) is 0.477. The predicted octanol–water partition coefficient (Wildman–Crippen LogP) is 5.10. The van der Waals surface area contributed by atoms with Crippen LogP contribution in [0.2, 0.25) is 5.54 Å². The standard InChI is InChI=1S/C9H19Cl3Si/c1-5-7(3)9(8(4)6-2)13(10,11)12/h7-9H,5-6H2,1-4H3. The molecule has 0 rings (SSSR count). The first-order valence-electron chi connectivity index (χ1n) is 4.91. The maximum Gasteiger partial charge on any atom is 0.344 e. The predicted molar refractivity (Wildman–Crippen MR) is 66.0 cm³/mol. The molecule has 80 valence electrons. The van der Waals surface area contributed by atoms with Gasteiger partial charge in [0, 0.05) is 0 Å². The van der Waals surface area contributed by atoms with Crippen molar-refractivity contribution in [2.75, 3.05) is 0 Å². The third kappa shape index (κ3) is 4.42. The topological polar surface area (TPSA) is 0 Å². The van der Waals surface area contributed by atoms with Crippen molar-refractivity contribution in [2.45, 2.75) is 46.1 Å². The van der Waals surface area contributed by atoms with Gasteiger partial charge in [-0.3, -0.25) is 0 Å². The Morgan fingerprint density at radius 1 is 0.923 bits per heavy atom. The average molecular weight is 262 g/mol. The zero-order valence-corrected chi connectivity index (χ0v) is 12.0. The summed E-state index contributed by atoms with van der Waals surface area (Å²) in [6.07, 6.45) is 2.19. The Kier molecular flexibility index (Phi) is 6.33. The zero-order valence-electron chi connectivity index (χ0n) is 8.78. The number of hydrogen-bond donors (Lipinski definition) is 0. The van der Waals surface area contributed by atoms with Crippen molar-refractivity contribution < 1.29 is 0 Å². The molecule has 0 saturated heterocycles. The maximum absolute atomic E-state index is 6.12. The molecule has 0 aromatic heterocycles. The number of halogens is 3. The minimum Gasteiger partial charge on any atom is -0.126 e. The highest BCUT2D eigenvalue weighted by atomic mass is 35.8. The zero-order chi connectivity index (χ0) is 10.6. The molecule has 4 heteroatoms. The molecule has 0 aliphatic heterocycles. The van der Waals surface area contributed by atoms with Gasteiger partial charge in [-0.2, -0.15) is 0 Å². The highest BCUT2D eigenvalue weighted by Crippen LogP contribution is 2.46. The van der Waals surface area contributed by atoms with E-state index in [9.17, 15) is 0 Å². The van der Waals surface area contributed by atoms with Crippen LogP contribution in [0, 0.1) is 11.8 Å². The molecular weight excluding hydrogens is 243 g/mol. The summed E-state index contributed by atoms with van der Waals surface area (Å²) in [5.41, 5.74) is 0.299. The van der Waals surface area contributed by atoms with E-state index >= 15 is 0 Å². The first-order chi connectivity index (χ1) is 5.84. The lowest BCUT2D eigenvalue weighted by molar-refractivity contribution is 0.394. The van der Waals surface area contributed by atoms with Crippen LogP contribution in [0.4, 0.5) is 0 Å². The van der Waals surface area contributed by atoms with Crippen molar-refractivity contribution in [3.05, 3.63) is 0 Å². The molecule has 0 fully saturated rings. The molecule has 0 radical (unpaired) electrons. The summed E-state index contributed by atoms with van der Waals surface area (Å²) >= 11 is 18.3. The van der Waals surface area contributed by atoms with Crippen LogP contribution >= 0.6 is 33.2 Å². The Hall–Kier alpha value is 1.09. The van der Waals surface area contributed by atoms with Gasteiger partial charge in [0.05, 0.1) is 0 Å². The minimum atomic E-state index is -2.54. The second-order valence-electron chi connectivity index (χ2n) is 3.84. The Bertz CT molecular complexity index is 134. The van der Waals surface area contributed by atoms with Crippen molar-refractivity contribution in [1.82, 2.24) is 0 Å². The van der Waals surface area contributed by atoms with Crippen LogP contribution in [0.3, 0.4) is 0 Å². The Morgan fingerprint density at radius 3 is 1.38 bits per heavy atom. The van der Waals surface area contributed by atoms with Crippen molar-refractivity contribution in [2.24, 2.45) is 11.8 Å². The van der Waals surface area contributed by atoms with Crippen LogP contribution in [0.5, 0.6) is 0 Å².